The lowest BCUT2D eigenvalue weighted by atomic mass is 10.3. The molecule has 2 nitrogen and oxygen atoms in total. The van der Waals surface area contributed by atoms with E-state index in [-0.39, 0.29) is 0 Å². The van der Waals surface area contributed by atoms with E-state index in [0.717, 1.165) is 12.1 Å². The van der Waals surface area contributed by atoms with Crippen LogP contribution in [0.25, 0.3) is 0 Å². The Balaban J connectivity index is 4.24. The first kappa shape index (κ1) is 12.4. The van der Waals surface area contributed by atoms with E-state index in [1.54, 1.807) is 0 Å². The van der Waals surface area contributed by atoms with Gasteiger partial charge in [-0.15, -0.1) is 0 Å². The monoisotopic (exact) mass is 201 g/mol. The van der Waals surface area contributed by atoms with E-state index in [1.807, 2.05) is 18.7 Å². The van der Waals surface area contributed by atoms with Crippen LogP contribution < -0.4 is 0 Å². The highest BCUT2D eigenvalue weighted by Crippen LogP contribution is 2.05. The summed E-state index contributed by atoms with van der Waals surface area (Å²) in [4.78, 5) is 2.03. The Hall–Kier alpha value is -0.570. The second-order valence-electron chi connectivity index (χ2n) is 3.38. The molecule has 0 heterocycles. The molecule has 0 aliphatic heterocycles. The summed E-state index contributed by atoms with van der Waals surface area (Å²) in [5.41, 5.74) is 1.09. The van der Waals surface area contributed by atoms with E-state index in [9.17, 15) is 0 Å². The number of thiocarbonyl (C=S) groups is 1. The van der Waals surface area contributed by atoms with E-state index in [4.69, 9.17) is 17.0 Å². The average molecular weight is 201 g/mol. The smallest absolute Gasteiger partial charge is 0.259 e. The van der Waals surface area contributed by atoms with Gasteiger partial charge in [-0.25, -0.2) is 0 Å². The molecule has 0 bridgehead atoms. The van der Waals surface area contributed by atoms with Gasteiger partial charge in [0.25, 0.3) is 5.17 Å². The zero-order valence-corrected chi connectivity index (χ0v) is 9.78. The molecule has 3 heteroatoms. The van der Waals surface area contributed by atoms with Crippen LogP contribution in [0.2, 0.25) is 0 Å². The molecule has 0 aromatic heterocycles. The Morgan fingerprint density at radius 3 is 2.38 bits per heavy atom. The van der Waals surface area contributed by atoms with Crippen molar-refractivity contribution in [2.24, 2.45) is 0 Å². The highest BCUT2D eigenvalue weighted by Gasteiger charge is 2.13. The molecule has 13 heavy (non-hydrogen) atoms. The normalized spacial score (nSPS) is 9.92. The molecule has 0 aromatic rings. The Morgan fingerprint density at radius 2 is 2.08 bits per heavy atom. The molecule has 0 saturated heterocycles. The van der Waals surface area contributed by atoms with E-state index >= 15 is 0 Å². The van der Waals surface area contributed by atoms with E-state index in [0.29, 0.717) is 17.8 Å². The molecule has 0 N–H and O–H groups in total. The molecule has 0 rings (SSSR count). The summed E-state index contributed by atoms with van der Waals surface area (Å²) >= 11 is 5.13. The van der Waals surface area contributed by atoms with Crippen LogP contribution in [0.4, 0.5) is 0 Å². The summed E-state index contributed by atoms with van der Waals surface area (Å²) in [6.07, 6.45) is 0. The lowest BCUT2D eigenvalue weighted by molar-refractivity contribution is 0.240. The summed E-state index contributed by atoms with van der Waals surface area (Å²) in [7, 11) is 0. The molecular weight excluding hydrogens is 182 g/mol. The lowest BCUT2D eigenvalue weighted by Gasteiger charge is -2.28. The largest absolute Gasteiger partial charge is 0.471 e. The first-order valence-electron chi connectivity index (χ1n) is 4.56. The zero-order chi connectivity index (χ0) is 10.4. The summed E-state index contributed by atoms with van der Waals surface area (Å²) in [6, 6.07) is 0.357. The number of nitrogens with zero attached hydrogens (tertiary/aromatic N) is 1. The Morgan fingerprint density at radius 1 is 1.54 bits per heavy atom. The summed E-state index contributed by atoms with van der Waals surface area (Å²) in [5, 5.41) is 0.570. The third-order valence-electron chi connectivity index (χ3n) is 1.57. The Kier molecular flexibility index (Phi) is 5.71. The van der Waals surface area contributed by atoms with Gasteiger partial charge in [-0.3, -0.25) is 0 Å². The SMILES string of the molecule is C=C(C)CN(C(=S)OCC)C(C)C. The first-order chi connectivity index (χ1) is 5.99. The minimum absolute atomic E-state index is 0.357. The molecular formula is C10H19NOS. The van der Waals surface area contributed by atoms with Crippen molar-refractivity contribution < 1.29 is 4.74 Å². The molecule has 76 valence electrons. The highest BCUT2D eigenvalue weighted by molar-refractivity contribution is 7.80. The molecule has 0 radical (unpaired) electrons. The minimum Gasteiger partial charge on any atom is -0.471 e. The van der Waals surface area contributed by atoms with E-state index in [1.165, 1.54) is 0 Å². The second-order valence-corrected chi connectivity index (χ2v) is 3.73. The van der Waals surface area contributed by atoms with E-state index < -0.39 is 0 Å². The molecule has 0 fully saturated rings. The van der Waals surface area contributed by atoms with Crippen molar-refractivity contribution in [1.82, 2.24) is 4.90 Å². The van der Waals surface area contributed by atoms with Gasteiger partial charge < -0.3 is 9.64 Å². The molecule has 0 aliphatic rings. The molecule has 0 amide bonds. The summed E-state index contributed by atoms with van der Waals surface area (Å²) in [6.45, 7) is 13.4. The fourth-order valence-corrected chi connectivity index (χ4v) is 1.35. The topological polar surface area (TPSA) is 12.5 Å². The van der Waals surface area contributed by atoms with Gasteiger partial charge >= 0.3 is 0 Å². The maximum absolute atomic E-state index is 5.28. The molecule has 0 aliphatic carbocycles. The van der Waals surface area contributed by atoms with E-state index in [2.05, 4.69) is 20.4 Å². The number of hydrogen-bond acceptors (Lipinski definition) is 2. The van der Waals surface area contributed by atoms with Crippen molar-refractivity contribution >= 4 is 17.4 Å². The van der Waals surface area contributed by atoms with Crippen LogP contribution in [0.3, 0.4) is 0 Å². The fraction of sp³-hybridized carbons (Fsp3) is 0.700. The predicted molar refractivity (Wildman–Crippen MR) is 60.9 cm³/mol. The highest BCUT2D eigenvalue weighted by atomic mass is 32.1. The Labute approximate surface area is 86.6 Å². The van der Waals surface area contributed by atoms with Crippen molar-refractivity contribution in [2.75, 3.05) is 13.2 Å². The van der Waals surface area contributed by atoms with Gasteiger partial charge in [-0.05, 0) is 39.9 Å². The van der Waals surface area contributed by atoms with Crippen LogP contribution in [0, 0.1) is 0 Å². The van der Waals surface area contributed by atoms with Crippen molar-refractivity contribution in [2.45, 2.75) is 33.7 Å². The standard InChI is InChI=1S/C10H19NOS/c1-6-12-10(13)11(9(4)5)7-8(2)3/h9H,2,6-7H2,1,3-5H3. The van der Waals surface area contributed by atoms with Crippen LogP contribution in [-0.4, -0.2) is 29.3 Å². The maximum Gasteiger partial charge on any atom is 0.259 e. The van der Waals surface area contributed by atoms with Crippen LogP contribution in [0.15, 0.2) is 12.2 Å². The average Bonchev–Trinajstić information content (AvgIpc) is 1.99. The third kappa shape index (κ3) is 4.88. The van der Waals surface area contributed by atoms with Crippen LogP contribution >= 0.6 is 12.2 Å². The third-order valence-corrected chi connectivity index (χ3v) is 1.92. The molecule has 0 atom stereocenters. The molecule has 0 saturated carbocycles. The summed E-state index contributed by atoms with van der Waals surface area (Å²) in [5.74, 6) is 0. The molecule has 0 spiro atoms. The van der Waals surface area contributed by atoms with Crippen molar-refractivity contribution in [3.63, 3.8) is 0 Å². The van der Waals surface area contributed by atoms with Gasteiger partial charge in [0.2, 0.25) is 0 Å². The van der Waals surface area contributed by atoms with Crippen LogP contribution in [0.1, 0.15) is 27.7 Å². The van der Waals surface area contributed by atoms with Crippen LogP contribution in [0.5, 0.6) is 0 Å². The van der Waals surface area contributed by atoms with Gasteiger partial charge in [-0.1, -0.05) is 12.2 Å². The zero-order valence-electron chi connectivity index (χ0n) is 8.96. The molecule has 0 aromatic carbocycles. The van der Waals surface area contributed by atoms with Crippen molar-refractivity contribution in [3.8, 4) is 0 Å². The minimum atomic E-state index is 0.357. The Bertz CT molecular complexity index is 189. The van der Waals surface area contributed by atoms with Gasteiger partial charge in [0.05, 0.1) is 6.61 Å². The van der Waals surface area contributed by atoms with Crippen molar-refractivity contribution in [3.05, 3.63) is 12.2 Å². The van der Waals surface area contributed by atoms with Gasteiger partial charge in [0, 0.05) is 12.6 Å². The van der Waals surface area contributed by atoms with Crippen LogP contribution in [-0.2, 0) is 4.74 Å². The number of ether oxygens (including phenoxy) is 1. The van der Waals surface area contributed by atoms with Gasteiger partial charge in [0.15, 0.2) is 0 Å². The number of hydrogen-bond donors (Lipinski definition) is 0. The fourth-order valence-electron chi connectivity index (χ4n) is 0.955. The maximum atomic E-state index is 5.28. The first-order valence-corrected chi connectivity index (χ1v) is 4.97. The second kappa shape index (κ2) is 5.97. The van der Waals surface area contributed by atoms with Gasteiger partial charge in [0.1, 0.15) is 0 Å². The molecule has 0 unspecified atom stereocenters. The van der Waals surface area contributed by atoms with Crippen molar-refractivity contribution in [1.29, 1.82) is 0 Å². The lowest BCUT2D eigenvalue weighted by Crippen LogP contribution is -2.38. The quantitative estimate of drug-likeness (QED) is 0.512. The number of rotatable bonds is 4. The van der Waals surface area contributed by atoms with Gasteiger partial charge in [-0.2, -0.15) is 0 Å². The predicted octanol–water partition coefficient (Wildman–Crippen LogP) is 2.59. The summed E-state index contributed by atoms with van der Waals surface area (Å²) < 4.78 is 5.28.